The number of hydrazone groups is 1. The van der Waals surface area contributed by atoms with Gasteiger partial charge in [-0.1, -0.05) is 48.5 Å². The number of pyridine rings is 1. The van der Waals surface area contributed by atoms with Gasteiger partial charge in [-0.3, -0.25) is 19.9 Å². The lowest BCUT2D eigenvalue weighted by Crippen LogP contribution is -2.22. The van der Waals surface area contributed by atoms with Gasteiger partial charge < -0.3 is 0 Å². The topological polar surface area (TPSA) is 97.5 Å². The summed E-state index contributed by atoms with van der Waals surface area (Å²) in [5.74, 6) is -0.665. The zero-order valence-corrected chi connectivity index (χ0v) is 13.6. The number of nitro groups is 1. The maximum atomic E-state index is 12.4. The molecule has 3 aromatic rings. The average Bonchev–Trinajstić information content (AvgIpc) is 2.69. The number of rotatable bonds is 5. The number of carbonyl (C=O) groups is 1. The van der Waals surface area contributed by atoms with E-state index >= 15 is 0 Å². The van der Waals surface area contributed by atoms with Crippen LogP contribution in [0.2, 0.25) is 0 Å². The Labute approximate surface area is 149 Å². The average molecular weight is 346 g/mol. The Morgan fingerprint density at radius 3 is 2.35 bits per heavy atom. The number of hydrogen-bond acceptors (Lipinski definition) is 5. The van der Waals surface area contributed by atoms with Crippen LogP contribution in [0.25, 0.3) is 0 Å². The SMILES string of the molecule is O=C(N/N=C(\c1ccccc1)c1ccccn1)c1ccccc1[N+](=O)[O-]. The molecule has 1 N–H and O–H groups in total. The third-order valence-electron chi connectivity index (χ3n) is 3.57. The lowest BCUT2D eigenvalue weighted by molar-refractivity contribution is -0.385. The van der Waals surface area contributed by atoms with Crippen LogP contribution in [0.5, 0.6) is 0 Å². The van der Waals surface area contributed by atoms with Crippen molar-refractivity contribution >= 4 is 17.3 Å². The predicted molar refractivity (Wildman–Crippen MR) is 96.9 cm³/mol. The molecule has 0 unspecified atom stereocenters. The van der Waals surface area contributed by atoms with E-state index in [1.54, 1.807) is 24.4 Å². The normalized spacial score (nSPS) is 11.0. The smallest absolute Gasteiger partial charge is 0.267 e. The summed E-state index contributed by atoms with van der Waals surface area (Å²) in [6, 6.07) is 20.3. The first kappa shape index (κ1) is 17.0. The lowest BCUT2D eigenvalue weighted by atomic mass is 10.1. The molecule has 1 amide bonds. The predicted octanol–water partition coefficient (Wildman–Crippen LogP) is 3.17. The highest BCUT2D eigenvalue weighted by Gasteiger charge is 2.19. The van der Waals surface area contributed by atoms with Gasteiger partial charge in [-0.25, -0.2) is 5.43 Å². The van der Waals surface area contributed by atoms with Crippen LogP contribution in [0.4, 0.5) is 5.69 Å². The van der Waals surface area contributed by atoms with Crippen LogP contribution in [-0.4, -0.2) is 21.5 Å². The van der Waals surface area contributed by atoms with Crippen molar-refractivity contribution in [2.45, 2.75) is 0 Å². The minimum atomic E-state index is -0.665. The quantitative estimate of drug-likeness (QED) is 0.436. The monoisotopic (exact) mass is 346 g/mol. The van der Waals surface area contributed by atoms with Crippen LogP contribution in [-0.2, 0) is 0 Å². The molecule has 7 heteroatoms. The van der Waals surface area contributed by atoms with Gasteiger partial charge >= 0.3 is 0 Å². The highest BCUT2D eigenvalue weighted by Crippen LogP contribution is 2.17. The zero-order valence-electron chi connectivity index (χ0n) is 13.6. The molecule has 1 heterocycles. The summed E-state index contributed by atoms with van der Waals surface area (Å²) in [5.41, 5.74) is 3.84. The molecule has 3 rings (SSSR count). The minimum absolute atomic E-state index is 0.0605. The molecule has 1 aromatic heterocycles. The highest BCUT2D eigenvalue weighted by atomic mass is 16.6. The van der Waals surface area contributed by atoms with E-state index in [0.29, 0.717) is 11.4 Å². The Hall–Kier alpha value is -3.87. The number of carbonyl (C=O) groups excluding carboxylic acids is 1. The third-order valence-corrected chi connectivity index (χ3v) is 3.57. The first-order chi connectivity index (χ1) is 12.7. The van der Waals surface area contributed by atoms with Gasteiger partial charge in [0.15, 0.2) is 0 Å². The Bertz CT molecular complexity index is 915. The molecule has 0 bridgehead atoms. The van der Waals surface area contributed by atoms with E-state index in [1.807, 2.05) is 36.4 Å². The third kappa shape index (κ3) is 3.78. The summed E-state index contributed by atoms with van der Waals surface area (Å²) in [5, 5.41) is 15.3. The van der Waals surface area contributed by atoms with Crippen LogP contribution < -0.4 is 5.43 Å². The van der Waals surface area contributed by atoms with Crippen molar-refractivity contribution in [1.82, 2.24) is 10.4 Å². The van der Waals surface area contributed by atoms with Crippen LogP contribution in [0, 0.1) is 10.1 Å². The zero-order chi connectivity index (χ0) is 18.4. The van der Waals surface area contributed by atoms with Gasteiger partial charge in [0.2, 0.25) is 0 Å². The molecule has 0 fully saturated rings. The van der Waals surface area contributed by atoms with Gasteiger partial charge in [0.25, 0.3) is 11.6 Å². The maximum Gasteiger partial charge on any atom is 0.282 e. The fourth-order valence-corrected chi connectivity index (χ4v) is 2.36. The van der Waals surface area contributed by atoms with Crippen molar-refractivity contribution in [2.24, 2.45) is 5.10 Å². The second-order valence-electron chi connectivity index (χ2n) is 5.26. The lowest BCUT2D eigenvalue weighted by Gasteiger charge is -2.07. The molecule has 0 saturated heterocycles. The van der Waals surface area contributed by atoms with Gasteiger partial charge in [0.05, 0.1) is 10.6 Å². The van der Waals surface area contributed by atoms with Crippen LogP contribution in [0.15, 0.2) is 84.1 Å². The molecular weight excluding hydrogens is 332 g/mol. The van der Waals surface area contributed by atoms with Crippen molar-refractivity contribution in [3.63, 3.8) is 0 Å². The Kier molecular flexibility index (Phi) is 5.09. The number of benzene rings is 2. The molecule has 26 heavy (non-hydrogen) atoms. The summed E-state index contributed by atoms with van der Waals surface area (Å²) in [6.45, 7) is 0. The van der Waals surface area contributed by atoms with Crippen molar-refractivity contribution in [1.29, 1.82) is 0 Å². The van der Waals surface area contributed by atoms with Crippen molar-refractivity contribution in [2.75, 3.05) is 0 Å². The van der Waals surface area contributed by atoms with Gasteiger partial charge in [-0.05, 0) is 18.2 Å². The minimum Gasteiger partial charge on any atom is -0.267 e. The number of aromatic nitrogens is 1. The van der Waals surface area contributed by atoms with Gasteiger partial charge in [0.1, 0.15) is 11.3 Å². The summed E-state index contributed by atoms with van der Waals surface area (Å²) in [7, 11) is 0. The highest BCUT2D eigenvalue weighted by molar-refractivity contribution is 6.12. The molecule has 0 aliphatic rings. The van der Waals surface area contributed by atoms with Gasteiger partial charge in [-0.15, -0.1) is 0 Å². The maximum absolute atomic E-state index is 12.4. The largest absolute Gasteiger partial charge is 0.282 e. The van der Waals surface area contributed by atoms with Crippen LogP contribution >= 0.6 is 0 Å². The second-order valence-corrected chi connectivity index (χ2v) is 5.26. The van der Waals surface area contributed by atoms with E-state index in [2.05, 4.69) is 15.5 Å². The molecule has 0 saturated carbocycles. The summed E-state index contributed by atoms with van der Waals surface area (Å²) in [4.78, 5) is 27.1. The number of nitro benzene ring substituents is 1. The van der Waals surface area contributed by atoms with E-state index in [1.165, 1.54) is 18.2 Å². The molecule has 0 aliphatic carbocycles. The molecule has 0 radical (unpaired) electrons. The Balaban J connectivity index is 1.95. The number of hydrogen-bond donors (Lipinski definition) is 1. The molecule has 2 aromatic carbocycles. The van der Waals surface area contributed by atoms with E-state index in [0.717, 1.165) is 5.56 Å². The fourth-order valence-electron chi connectivity index (χ4n) is 2.36. The number of nitrogens with zero attached hydrogens (tertiary/aromatic N) is 3. The number of para-hydroxylation sites is 1. The molecule has 128 valence electrons. The molecule has 0 atom stereocenters. The van der Waals surface area contributed by atoms with Gasteiger partial charge in [0, 0.05) is 17.8 Å². The molecule has 7 nitrogen and oxygen atoms in total. The first-order valence-corrected chi connectivity index (χ1v) is 7.75. The van der Waals surface area contributed by atoms with Crippen molar-refractivity contribution < 1.29 is 9.72 Å². The number of nitrogens with one attached hydrogen (secondary N) is 1. The Morgan fingerprint density at radius 1 is 0.962 bits per heavy atom. The van der Waals surface area contributed by atoms with E-state index in [4.69, 9.17) is 0 Å². The molecule has 0 aliphatic heterocycles. The molecular formula is C19H14N4O3. The van der Waals surface area contributed by atoms with Gasteiger partial charge in [-0.2, -0.15) is 5.10 Å². The van der Waals surface area contributed by atoms with Crippen molar-refractivity contribution in [3.05, 3.63) is 106 Å². The second kappa shape index (κ2) is 7.80. The van der Waals surface area contributed by atoms with Crippen LogP contribution in [0.1, 0.15) is 21.6 Å². The summed E-state index contributed by atoms with van der Waals surface area (Å²) >= 11 is 0. The van der Waals surface area contributed by atoms with E-state index in [9.17, 15) is 14.9 Å². The molecule has 0 spiro atoms. The summed E-state index contributed by atoms with van der Waals surface area (Å²) < 4.78 is 0. The van der Waals surface area contributed by atoms with E-state index in [-0.39, 0.29) is 11.3 Å². The van der Waals surface area contributed by atoms with Crippen LogP contribution in [0.3, 0.4) is 0 Å². The fraction of sp³-hybridized carbons (Fsp3) is 0. The van der Waals surface area contributed by atoms with Crippen molar-refractivity contribution in [3.8, 4) is 0 Å². The summed E-state index contributed by atoms with van der Waals surface area (Å²) in [6.07, 6.45) is 1.62. The standard InChI is InChI=1S/C19H14N4O3/c24-19(15-10-4-5-12-17(15)23(25)26)22-21-18(14-8-2-1-3-9-14)16-11-6-7-13-20-16/h1-13H,(H,22,24)/b21-18+. The number of amides is 1. The van der Waals surface area contributed by atoms with E-state index < -0.39 is 10.8 Å². The Morgan fingerprint density at radius 2 is 1.65 bits per heavy atom. The first-order valence-electron chi connectivity index (χ1n) is 7.75.